The Bertz CT molecular complexity index is 1690. The van der Waals surface area contributed by atoms with Gasteiger partial charge in [-0.05, 0) is 66.3 Å². The normalized spacial score (nSPS) is 15.6. The first-order valence-corrected chi connectivity index (χ1v) is 14.3. The van der Waals surface area contributed by atoms with Gasteiger partial charge in [0.15, 0.2) is 5.96 Å². The summed E-state index contributed by atoms with van der Waals surface area (Å²) in [5.41, 5.74) is 12.8. The monoisotopic (exact) mass is 584 g/mol. The Kier molecular flexibility index (Phi) is 8.45. The molecule has 1 aromatic heterocycles. The third-order valence-electron chi connectivity index (χ3n) is 7.33. The van der Waals surface area contributed by atoms with Crippen LogP contribution in [0.15, 0.2) is 65.6 Å². The summed E-state index contributed by atoms with van der Waals surface area (Å²) in [6.45, 7) is 1.83. The lowest BCUT2D eigenvalue weighted by molar-refractivity contribution is -0.117. The zero-order valence-corrected chi connectivity index (χ0v) is 23.5. The van der Waals surface area contributed by atoms with Crippen LogP contribution in [0.25, 0.3) is 21.7 Å². The van der Waals surface area contributed by atoms with E-state index < -0.39 is 15.9 Å². The molecule has 40 heavy (non-hydrogen) atoms. The van der Waals surface area contributed by atoms with Crippen molar-refractivity contribution in [3.8, 4) is 5.75 Å². The van der Waals surface area contributed by atoms with E-state index in [0.29, 0.717) is 29.9 Å². The summed E-state index contributed by atoms with van der Waals surface area (Å²) in [6.07, 6.45) is 2.15. The lowest BCUT2D eigenvalue weighted by Crippen LogP contribution is -2.44. The van der Waals surface area contributed by atoms with E-state index in [1.807, 2.05) is 33.7 Å². The summed E-state index contributed by atoms with van der Waals surface area (Å²) in [6, 6.07) is 17.1. The number of aryl methyl sites for hydroxylation is 1. The van der Waals surface area contributed by atoms with E-state index in [1.54, 1.807) is 24.3 Å². The Morgan fingerprint density at radius 2 is 1.80 bits per heavy atom. The number of rotatable bonds is 8. The number of anilines is 1. The smallest absolute Gasteiger partial charge is 0.263 e. The van der Waals surface area contributed by atoms with Gasteiger partial charge in [-0.1, -0.05) is 30.3 Å². The zero-order chi connectivity index (χ0) is 27.7. The number of nitrogens with one attached hydrogen (secondary N) is 2. The molecule has 0 radical (unpaired) electrons. The van der Waals surface area contributed by atoms with Crippen molar-refractivity contribution in [2.24, 2.45) is 17.4 Å². The molecule has 1 aliphatic rings. The molecule has 12 heteroatoms. The number of primary amides is 1. The molecule has 0 spiro atoms. The van der Waals surface area contributed by atoms with Gasteiger partial charge in [0.05, 0.1) is 4.90 Å². The molecule has 0 unspecified atom stereocenters. The molecule has 3 aromatic carbocycles. The molecule has 0 bridgehead atoms. The fourth-order valence-corrected chi connectivity index (χ4v) is 6.57. The van der Waals surface area contributed by atoms with Crippen LogP contribution >= 0.6 is 12.4 Å². The SMILES string of the molecule is Cl.N=C(N)N1CCC[C@@H](Cn2c(NS(=O)(=O)c3ccc4cc(O)ccc4c3)c(CCC(N)=O)c3ccccc32)C1. The summed E-state index contributed by atoms with van der Waals surface area (Å²) in [5, 5.41) is 19.9. The predicted molar refractivity (Wildman–Crippen MR) is 159 cm³/mol. The second-order valence-corrected chi connectivity index (χ2v) is 11.7. The summed E-state index contributed by atoms with van der Waals surface area (Å²) in [4.78, 5) is 13.6. The van der Waals surface area contributed by atoms with Crippen molar-refractivity contribution < 1.29 is 18.3 Å². The van der Waals surface area contributed by atoms with Gasteiger partial charge >= 0.3 is 0 Å². The van der Waals surface area contributed by atoms with Gasteiger partial charge in [-0.15, -0.1) is 12.4 Å². The highest BCUT2D eigenvalue weighted by Crippen LogP contribution is 2.35. The first-order valence-electron chi connectivity index (χ1n) is 12.9. The average molecular weight is 585 g/mol. The van der Waals surface area contributed by atoms with Gasteiger partial charge in [0, 0.05) is 42.5 Å². The number of carbonyl (C=O) groups is 1. The lowest BCUT2D eigenvalue weighted by Gasteiger charge is -2.33. The number of likely N-dealkylation sites (tertiary alicyclic amines) is 1. The Balaban J connectivity index is 0.00000370. The highest BCUT2D eigenvalue weighted by molar-refractivity contribution is 7.92. The minimum absolute atomic E-state index is 0. The second kappa shape index (κ2) is 11.6. The fraction of sp³-hybridized carbons (Fsp3) is 0.286. The van der Waals surface area contributed by atoms with Gasteiger partial charge in [-0.2, -0.15) is 0 Å². The van der Waals surface area contributed by atoms with Crippen molar-refractivity contribution >= 4 is 61.8 Å². The molecule has 2 heterocycles. The first kappa shape index (κ1) is 29.0. The molecule has 0 aliphatic carbocycles. The van der Waals surface area contributed by atoms with Crippen molar-refractivity contribution in [3.05, 3.63) is 66.2 Å². The number of halogens is 1. The summed E-state index contributed by atoms with van der Waals surface area (Å²) >= 11 is 0. The predicted octanol–water partition coefficient (Wildman–Crippen LogP) is 3.75. The van der Waals surface area contributed by atoms with Crippen LogP contribution in [-0.2, 0) is 27.8 Å². The van der Waals surface area contributed by atoms with E-state index in [9.17, 15) is 18.3 Å². The Labute approximate surface area is 238 Å². The number of nitrogens with zero attached hydrogens (tertiary/aromatic N) is 2. The summed E-state index contributed by atoms with van der Waals surface area (Å²) < 4.78 is 32.3. The number of guanidine groups is 1. The number of amides is 1. The quantitative estimate of drug-likeness (QED) is 0.156. The van der Waals surface area contributed by atoms with Gasteiger partial charge in [-0.25, -0.2) is 8.42 Å². The van der Waals surface area contributed by atoms with Crippen LogP contribution in [0.1, 0.15) is 24.8 Å². The minimum Gasteiger partial charge on any atom is -0.508 e. The van der Waals surface area contributed by atoms with Crippen LogP contribution in [0.4, 0.5) is 5.82 Å². The third-order valence-corrected chi connectivity index (χ3v) is 8.67. The average Bonchev–Trinajstić information content (AvgIpc) is 3.18. The molecule has 1 amide bonds. The van der Waals surface area contributed by atoms with Crippen LogP contribution in [0.3, 0.4) is 0 Å². The molecular weight excluding hydrogens is 552 g/mol. The third kappa shape index (κ3) is 5.95. The number of para-hydroxylation sites is 1. The number of phenolic OH excluding ortho intramolecular Hbond substituents is 1. The van der Waals surface area contributed by atoms with E-state index in [4.69, 9.17) is 16.9 Å². The number of nitrogens with two attached hydrogens (primary N) is 2. The van der Waals surface area contributed by atoms with Gasteiger partial charge in [0.2, 0.25) is 5.91 Å². The molecule has 4 aromatic rings. The van der Waals surface area contributed by atoms with Crippen molar-refractivity contribution in [2.75, 3.05) is 17.8 Å². The molecule has 0 saturated carbocycles. The number of fused-ring (bicyclic) bond motifs is 2. The van der Waals surface area contributed by atoms with Crippen molar-refractivity contribution in [1.82, 2.24) is 9.47 Å². The molecule has 1 saturated heterocycles. The topological polar surface area (TPSA) is 168 Å². The van der Waals surface area contributed by atoms with Crippen LogP contribution in [0.2, 0.25) is 0 Å². The molecule has 5 rings (SSSR count). The molecule has 7 N–H and O–H groups in total. The molecule has 1 aliphatic heterocycles. The van der Waals surface area contributed by atoms with Crippen molar-refractivity contribution in [3.63, 3.8) is 0 Å². The van der Waals surface area contributed by atoms with Crippen molar-refractivity contribution in [2.45, 2.75) is 37.1 Å². The van der Waals surface area contributed by atoms with Gasteiger partial charge in [0.1, 0.15) is 11.6 Å². The largest absolute Gasteiger partial charge is 0.508 e. The van der Waals surface area contributed by atoms with E-state index in [-0.39, 0.29) is 47.8 Å². The number of aromatic hydroxyl groups is 1. The maximum absolute atomic E-state index is 13.7. The number of benzene rings is 3. The van der Waals surface area contributed by atoms with E-state index in [1.165, 1.54) is 12.1 Å². The standard InChI is InChI=1S/C28H32N6O4S.ClH/c29-26(36)12-11-24-23-5-1-2-6-25(23)34(17-18-4-3-13-33(16-18)28(30)31)27(24)32-39(37,38)22-10-8-19-14-21(35)9-7-20(19)15-22;/h1-2,5-10,14-15,18,32,35H,3-4,11-13,16-17H2,(H2,29,36)(H3,30,31);1H/t18-;/m1./s1. The summed E-state index contributed by atoms with van der Waals surface area (Å²) in [7, 11) is -4.03. The molecule has 1 fully saturated rings. The number of carbonyl (C=O) groups excluding carboxylic acids is 1. The number of hydrogen-bond acceptors (Lipinski definition) is 5. The van der Waals surface area contributed by atoms with Crippen LogP contribution in [-0.4, -0.2) is 47.9 Å². The number of hydrogen-bond donors (Lipinski definition) is 5. The highest BCUT2D eigenvalue weighted by Gasteiger charge is 2.27. The minimum atomic E-state index is -4.03. The molecule has 10 nitrogen and oxygen atoms in total. The number of sulfonamides is 1. The van der Waals surface area contributed by atoms with Gasteiger partial charge in [0.25, 0.3) is 10.0 Å². The summed E-state index contributed by atoms with van der Waals surface area (Å²) in [5.74, 6) is 0.209. The van der Waals surface area contributed by atoms with Crippen LogP contribution in [0.5, 0.6) is 5.75 Å². The fourth-order valence-electron chi connectivity index (χ4n) is 5.44. The number of piperidine rings is 1. The van der Waals surface area contributed by atoms with Gasteiger partial charge < -0.3 is 26.0 Å². The maximum atomic E-state index is 13.7. The second-order valence-electron chi connectivity index (χ2n) is 10.1. The highest BCUT2D eigenvalue weighted by atomic mass is 35.5. The maximum Gasteiger partial charge on any atom is 0.263 e. The lowest BCUT2D eigenvalue weighted by atomic mass is 9.98. The molecular formula is C28H33ClN6O4S. The van der Waals surface area contributed by atoms with Gasteiger partial charge in [-0.3, -0.25) is 14.9 Å². The Morgan fingerprint density at radius 1 is 1.07 bits per heavy atom. The Morgan fingerprint density at radius 3 is 2.55 bits per heavy atom. The van der Waals surface area contributed by atoms with Crippen molar-refractivity contribution in [1.29, 1.82) is 5.41 Å². The number of phenols is 1. The van der Waals surface area contributed by atoms with E-state index in [2.05, 4.69) is 4.72 Å². The van der Waals surface area contributed by atoms with E-state index in [0.717, 1.165) is 35.7 Å². The zero-order valence-electron chi connectivity index (χ0n) is 21.8. The van der Waals surface area contributed by atoms with Crippen LogP contribution < -0.4 is 16.2 Å². The molecule has 1 atom stereocenters. The first-order chi connectivity index (χ1) is 18.6. The van der Waals surface area contributed by atoms with Crippen LogP contribution in [0, 0.1) is 11.3 Å². The van der Waals surface area contributed by atoms with E-state index >= 15 is 0 Å². The molecule has 212 valence electrons. The Hall–Kier alpha value is -3.96. The number of aromatic nitrogens is 1.